The molecule has 0 aliphatic carbocycles. The van der Waals surface area contributed by atoms with E-state index in [2.05, 4.69) is 22.9 Å². The molecule has 3 N–H and O–H groups in total. The van der Waals surface area contributed by atoms with Gasteiger partial charge in [0.2, 0.25) is 11.8 Å². The van der Waals surface area contributed by atoms with Crippen LogP contribution in [0.3, 0.4) is 0 Å². The number of benzene rings is 2. The lowest BCUT2D eigenvalue weighted by Crippen LogP contribution is -2.09. The molecule has 120 valence electrons. The van der Waals surface area contributed by atoms with E-state index >= 15 is 0 Å². The predicted molar refractivity (Wildman–Crippen MR) is 94.2 cm³/mol. The van der Waals surface area contributed by atoms with E-state index in [0.29, 0.717) is 5.69 Å². The van der Waals surface area contributed by atoms with Crippen molar-refractivity contribution in [2.75, 3.05) is 16.0 Å². The first-order valence-electron chi connectivity index (χ1n) is 7.53. The molecule has 0 bridgehead atoms. The number of rotatable bonds is 5. The van der Waals surface area contributed by atoms with E-state index in [1.165, 1.54) is 13.8 Å². The predicted octanol–water partition coefficient (Wildman–Crippen LogP) is 3.91. The topological polar surface area (TPSA) is 70.2 Å². The molecule has 0 aliphatic heterocycles. The van der Waals surface area contributed by atoms with E-state index in [-0.39, 0.29) is 11.8 Å². The summed E-state index contributed by atoms with van der Waals surface area (Å²) in [7, 11) is 0. The minimum absolute atomic E-state index is 0.112. The van der Waals surface area contributed by atoms with Crippen molar-refractivity contribution < 1.29 is 9.59 Å². The number of hydrogen-bond acceptors (Lipinski definition) is 3. The first kappa shape index (κ1) is 16.5. The molecular weight excluding hydrogens is 290 g/mol. The molecule has 5 nitrogen and oxygen atoms in total. The molecular formula is C18H21N3O2. The minimum Gasteiger partial charge on any atom is -0.354 e. The fourth-order valence-corrected chi connectivity index (χ4v) is 2.32. The van der Waals surface area contributed by atoms with Gasteiger partial charge in [0.05, 0.1) is 11.4 Å². The maximum absolute atomic E-state index is 11.3. The van der Waals surface area contributed by atoms with Crippen LogP contribution in [0, 0.1) is 0 Å². The van der Waals surface area contributed by atoms with E-state index in [9.17, 15) is 9.59 Å². The highest BCUT2D eigenvalue weighted by atomic mass is 16.2. The number of nitrogens with one attached hydrogen (secondary N) is 3. The summed E-state index contributed by atoms with van der Waals surface area (Å²) in [6.45, 7) is 5.02. The van der Waals surface area contributed by atoms with E-state index in [0.717, 1.165) is 29.0 Å². The number of carbonyl (C=O) groups is 2. The third kappa shape index (κ3) is 4.57. The summed E-state index contributed by atoms with van der Waals surface area (Å²) in [6, 6.07) is 13.3. The van der Waals surface area contributed by atoms with Crippen LogP contribution in [-0.4, -0.2) is 11.8 Å². The third-order valence-corrected chi connectivity index (χ3v) is 3.32. The Morgan fingerprint density at radius 3 is 2.13 bits per heavy atom. The highest BCUT2D eigenvalue weighted by molar-refractivity contribution is 5.94. The van der Waals surface area contributed by atoms with Crippen LogP contribution >= 0.6 is 0 Å². The van der Waals surface area contributed by atoms with Gasteiger partial charge in [-0.1, -0.05) is 25.1 Å². The average Bonchev–Trinajstić information content (AvgIpc) is 2.48. The normalized spacial score (nSPS) is 10.0. The molecule has 0 aromatic heterocycles. The second-order valence-electron chi connectivity index (χ2n) is 5.26. The Morgan fingerprint density at radius 1 is 0.870 bits per heavy atom. The van der Waals surface area contributed by atoms with Crippen molar-refractivity contribution in [1.29, 1.82) is 0 Å². The van der Waals surface area contributed by atoms with Gasteiger partial charge in [0.1, 0.15) is 0 Å². The number of aryl methyl sites for hydroxylation is 1. The summed E-state index contributed by atoms with van der Waals surface area (Å²) < 4.78 is 0. The summed E-state index contributed by atoms with van der Waals surface area (Å²) in [4.78, 5) is 22.6. The maximum Gasteiger partial charge on any atom is 0.221 e. The van der Waals surface area contributed by atoms with Crippen LogP contribution in [-0.2, 0) is 16.0 Å². The van der Waals surface area contributed by atoms with Gasteiger partial charge < -0.3 is 16.0 Å². The summed E-state index contributed by atoms with van der Waals surface area (Å²) in [5.41, 5.74) is 4.27. The van der Waals surface area contributed by atoms with Crippen LogP contribution in [0.15, 0.2) is 42.5 Å². The molecule has 0 saturated carbocycles. The summed E-state index contributed by atoms with van der Waals surface area (Å²) in [6.07, 6.45) is 0.852. The summed E-state index contributed by atoms with van der Waals surface area (Å²) >= 11 is 0. The van der Waals surface area contributed by atoms with Gasteiger partial charge >= 0.3 is 0 Å². The van der Waals surface area contributed by atoms with Crippen LogP contribution in [0.25, 0.3) is 0 Å². The van der Waals surface area contributed by atoms with E-state index < -0.39 is 0 Å². The van der Waals surface area contributed by atoms with Gasteiger partial charge in [-0.05, 0) is 36.2 Å². The Labute approximate surface area is 136 Å². The molecule has 23 heavy (non-hydrogen) atoms. The van der Waals surface area contributed by atoms with Gasteiger partial charge in [0.25, 0.3) is 0 Å². The number of anilines is 4. The van der Waals surface area contributed by atoms with E-state index in [4.69, 9.17) is 0 Å². The highest BCUT2D eigenvalue weighted by Gasteiger charge is 2.08. The Balaban J connectivity index is 2.35. The SMILES string of the molecule is CCc1ccc(NC(C)=O)cc1Nc1ccccc1NC(C)=O. The fourth-order valence-electron chi connectivity index (χ4n) is 2.32. The summed E-state index contributed by atoms with van der Waals surface area (Å²) in [5.74, 6) is -0.235. The van der Waals surface area contributed by atoms with Crippen LogP contribution in [0.2, 0.25) is 0 Å². The Morgan fingerprint density at radius 2 is 1.52 bits per heavy atom. The first-order chi connectivity index (χ1) is 11.0. The van der Waals surface area contributed by atoms with E-state index in [1.807, 2.05) is 42.5 Å². The molecule has 2 aromatic carbocycles. The van der Waals surface area contributed by atoms with Crippen molar-refractivity contribution in [3.05, 3.63) is 48.0 Å². The molecule has 0 saturated heterocycles. The van der Waals surface area contributed by atoms with Crippen LogP contribution in [0.1, 0.15) is 26.3 Å². The number of hydrogen-bond donors (Lipinski definition) is 3. The van der Waals surface area contributed by atoms with Crippen molar-refractivity contribution in [2.24, 2.45) is 0 Å². The quantitative estimate of drug-likeness (QED) is 0.784. The van der Waals surface area contributed by atoms with Gasteiger partial charge in [0.15, 0.2) is 0 Å². The smallest absolute Gasteiger partial charge is 0.221 e. The molecule has 2 rings (SSSR count). The molecule has 0 aliphatic rings. The largest absolute Gasteiger partial charge is 0.354 e. The maximum atomic E-state index is 11.3. The molecule has 2 aromatic rings. The molecule has 0 fully saturated rings. The van der Waals surface area contributed by atoms with Crippen molar-refractivity contribution in [3.8, 4) is 0 Å². The zero-order chi connectivity index (χ0) is 16.8. The lowest BCUT2D eigenvalue weighted by molar-refractivity contribution is -0.115. The molecule has 0 radical (unpaired) electrons. The van der Waals surface area contributed by atoms with Crippen molar-refractivity contribution in [1.82, 2.24) is 0 Å². The van der Waals surface area contributed by atoms with Crippen molar-refractivity contribution >= 4 is 34.6 Å². The molecule has 2 amide bonds. The first-order valence-corrected chi connectivity index (χ1v) is 7.53. The molecule has 0 heterocycles. The van der Waals surface area contributed by atoms with Crippen LogP contribution < -0.4 is 16.0 Å². The van der Waals surface area contributed by atoms with Gasteiger partial charge in [-0.2, -0.15) is 0 Å². The monoisotopic (exact) mass is 311 g/mol. The zero-order valence-corrected chi connectivity index (χ0v) is 13.6. The highest BCUT2D eigenvalue weighted by Crippen LogP contribution is 2.29. The standard InChI is InChI=1S/C18H21N3O2/c1-4-14-9-10-15(19-12(2)22)11-18(14)21-17-8-6-5-7-16(17)20-13(3)23/h5-11,21H,4H2,1-3H3,(H,19,22)(H,20,23). The Kier molecular flexibility index (Phi) is 5.36. The van der Waals surface area contributed by atoms with Gasteiger partial charge in [-0.3, -0.25) is 9.59 Å². The number of para-hydroxylation sites is 2. The second kappa shape index (κ2) is 7.45. The summed E-state index contributed by atoms with van der Waals surface area (Å²) in [5, 5.41) is 8.93. The Hall–Kier alpha value is -2.82. The molecule has 0 unspecified atom stereocenters. The lowest BCUT2D eigenvalue weighted by atomic mass is 10.1. The van der Waals surface area contributed by atoms with Crippen LogP contribution in [0.5, 0.6) is 0 Å². The van der Waals surface area contributed by atoms with Gasteiger partial charge in [0, 0.05) is 25.2 Å². The number of amides is 2. The lowest BCUT2D eigenvalue weighted by Gasteiger charge is -2.16. The van der Waals surface area contributed by atoms with E-state index in [1.54, 1.807) is 0 Å². The average molecular weight is 311 g/mol. The minimum atomic E-state index is -0.123. The van der Waals surface area contributed by atoms with Crippen LogP contribution in [0.4, 0.5) is 22.7 Å². The molecule has 0 spiro atoms. The van der Waals surface area contributed by atoms with Crippen molar-refractivity contribution in [3.63, 3.8) is 0 Å². The zero-order valence-electron chi connectivity index (χ0n) is 13.6. The molecule has 0 atom stereocenters. The van der Waals surface area contributed by atoms with Gasteiger partial charge in [-0.25, -0.2) is 0 Å². The molecule has 5 heteroatoms. The Bertz CT molecular complexity index is 726. The van der Waals surface area contributed by atoms with Gasteiger partial charge in [-0.15, -0.1) is 0 Å². The van der Waals surface area contributed by atoms with Crippen molar-refractivity contribution in [2.45, 2.75) is 27.2 Å². The fraction of sp³-hybridized carbons (Fsp3) is 0.222. The number of carbonyl (C=O) groups excluding carboxylic acids is 2. The third-order valence-electron chi connectivity index (χ3n) is 3.32. The second-order valence-corrected chi connectivity index (χ2v) is 5.26.